The zero-order chi connectivity index (χ0) is 15.6. The summed E-state index contributed by atoms with van der Waals surface area (Å²) in [4.78, 5) is 11.2. The number of hydrogen-bond donors (Lipinski definition) is 1. The van der Waals surface area contributed by atoms with Gasteiger partial charge in [0.15, 0.2) is 9.84 Å². The van der Waals surface area contributed by atoms with Crippen molar-refractivity contribution in [1.82, 2.24) is 0 Å². The molecule has 0 spiro atoms. The van der Waals surface area contributed by atoms with E-state index in [9.17, 15) is 17.6 Å². The molecule has 2 rings (SSSR count). The Morgan fingerprint density at radius 1 is 1.29 bits per heavy atom. The molecule has 0 saturated heterocycles. The van der Waals surface area contributed by atoms with Crippen LogP contribution < -0.4 is 0 Å². The number of rotatable bonds is 4. The number of sulfone groups is 1. The lowest BCUT2D eigenvalue weighted by Crippen LogP contribution is -2.17. The van der Waals surface area contributed by atoms with E-state index >= 15 is 0 Å². The number of carboxylic acid groups (broad SMARTS) is 1. The van der Waals surface area contributed by atoms with E-state index in [1.54, 1.807) is 0 Å². The van der Waals surface area contributed by atoms with Crippen molar-refractivity contribution in [2.75, 3.05) is 0 Å². The maximum absolute atomic E-state index is 13.0. The second-order valence-electron chi connectivity index (χ2n) is 4.91. The average molecular weight is 333 g/mol. The Morgan fingerprint density at radius 2 is 1.95 bits per heavy atom. The summed E-state index contributed by atoms with van der Waals surface area (Å²) in [5.74, 6) is -2.17. The standard InChI is InChI=1S/C14H14ClFO4S/c15-12-7-10(16)6-5-9(12)8-21(19,20)13-4-2-1-3-11(13)14(17)18/h5-7H,1-4,8H2,(H,17,18). The molecule has 0 heterocycles. The van der Waals surface area contributed by atoms with Gasteiger partial charge in [-0.3, -0.25) is 0 Å². The van der Waals surface area contributed by atoms with Crippen molar-refractivity contribution in [3.8, 4) is 0 Å². The number of halogens is 2. The van der Waals surface area contributed by atoms with Crippen LogP contribution in [0, 0.1) is 5.82 Å². The third-order valence-corrected chi connectivity index (χ3v) is 5.66. The molecule has 21 heavy (non-hydrogen) atoms. The van der Waals surface area contributed by atoms with Gasteiger partial charge in [-0.1, -0.05) is 17.7 Å². The number of carbonyl (C=O) groups is 1. The van der Waals surface area contributed by atoms with Crippen LogP contribution >= 0.6 is 11.6 Å². The van der Waals surface area contributed by atoms with E-state index in [0.717, 1.165) is 12.1 Å². The van der Waals surface area contributed by atoms with Gasteiger partial charge in [-0.25, -0.2) is 17.6 Å². The van der Waals surface area contributed by atoms with Gasteiger partial charge in [-0.2, -0.15) is 0 Å². The van der Waals surface area contributed by atoms with Crippen molar-refractivity contribution in [3.05, 3.63) is 45.1 Å². The normalized spacial score (nSPS) is 16.1. The molecule has 0 aliphatic heterocycles. The summed E-state index contributed by atoms with van der Waals surface area (Å²) < 4.78 is 37.8. The monoisotopic (exact) mass is 332 g/mol. The molecular formula is C14H14ClFO4S. The Kier molecular flexibility index (Phi) is 4.68. The van der Waals surface area contributed by atoms with E-state index in [1.165, 1.54) is 6.07 Å². The SMILES string of the molecule is O=C(O)C1=C(S(=O)(=O)Cc2ccc(F)cc2Cl)CCCC1. The molecule has 7 heteroatoms. The Morgan fingerprint density at radius 3 is 2.57 bits per heavy atom. The summed E-state index contributed by atoms with van der Waals surface area (Å²) in [6.07, 6.45) is 1.78. The zero-order valence-electron chi connectivity index (χ0n) is 11.1. The molecule has 0 radical (unpaired) electrons. The fourth-order valence-corrected chi connectivity index (χ4v) is 4.55. The van der Waals surface area contributed by atoms with E-state index in [2.05, 4.69) is 0 Å². The largest absolute Gasteiger partial charge is 0.478 e. The van der Waals surface area contributed by atoms with Gasteiger partial charge in [-0.15, -0.1) is 0 Å². The van der Waals surface area contributed by atoms with Crippen LogP contribution in [0.3, 0.4) is 0 Å². The van der Waals surface area contributed by atoms with Crippen molar-refractivity contribution < 1.29 is 22.7 Å². The molecule has 0 unspecified atom stereocenters. The average Bonchev–Trinajstić information content (AvgIpc) is 2.42. The van der Waals surface area contributed by atoms with Crippen LogP contribution in [-0.4, -0.2) is 19.5 Å². The highest BCUT2D eigenvalue weighted by atomic mass is 35.5. The molecule has 1 aromatic rings. The number of aliphatic carboxylic acids is 1. The van der Waals surface area contributed by atoms with Crippen molar-refractivity contribution in [3.63, 3.8) is 0 Å². The molecule has 1 aromatic carbocycles. The van der Waals surface area contributed by atoms with Crippen molar-refractivity contribution >= 4 is 27.4 Å². The molecular weight excluding hydrogens is 319 g/mol. The number of hydrogen-bond acceptors (Lipinski definition) is 3. The first-order chi connectivity index (χ1) is 9.81. The third-order valence-electron chi connectivity index (χ3n) is 3.41. The Bertz CT molecular complexity index is 710. The lowest BCUT2D eigenvalue weighted by Gasteiger charge is -2.18. The van der Waals surface area contributed by atoms with Gasteiger partial charge in [0.1, 0.15) is 5.82 Å². The fourth-order valence-electron chi connectivity index (χ4n) is 2.38. The van der Waals surface area contributed by atoms with Crippen LogP contribution in [0.1, 0.15) is 31.2 Å². The van der Waals surface area contributed by atoms with Crippen LogP contribution in [-0.2, 0) is 20.4 Å². The molecule has 1 aliphatic rings. The van der Waals surface area contributed by atoms with Crippen molar-refractivity contribution in [2.45, 2.75) is 31.4 Å². The number of carboxylic acids is 1. The minimum absolute atomic E-state index is 0.0202. The van der Waals surface area contributed by atoms with E-state index in [0.29, 0.717) is 12.8 Å². The third kappa shape index (κ3) is 3.63. The quantitative estimate of drug-likeness (QED) is 0.918. The smallest absolute Gasteiger partial charge is 0.332 e. The summed E-state index contributed by atoms with van der Waals surface area (Å²) in [7, 11) is -3.77. The summed E-state index contributed by atoms with van der Waals surface area (Å²) in [6.45, 7) is 0. The van der Waals surface area contributed by atoms with Gasteiger partial charge >= 0.3 is 5.97 Å². The maximum atomic E-state index is 13.0. The molecule has 0 bridgehead atoms. The molecule has 114 valence electrons. The van der Waals surface area contributed by atoms with E-state index in [1.807, 2.05) is 0 Å². The van der Waals surface area contributed by atoms with E-state index < -0.39 is 27.4 Å². The predicted molar refractivity (Wildman–Crippen MR) is 77.2 cm³/mol. The van der Waals surface area contributed by atoms with E-state index in [-0.39, 0.29) is 33.9 Å². The Hall–Kier alpha value is -1.40. The minimum atomic E-state index is -3.77. The number of allylic oxidation sites excluding steroid dienone is 1. The van der Waals surface area contributed by atoms with Gasteiger partial charge in [0.05, 0.1) is 16.2 Å². The number of benzene rings is 1. The van der Waals surface area contributed by atoms with Gasteiger partial charge in [-0.05, 0) is 43.4 Å². The lowest BCUT2D eigenvalue weighted by molar-refractivity contribution is -0.132. The highest BCUT2D eigenvalue weighted by Gasteiger charge is 2.28. The Labute approximate surface area is 127 Å². The Balaban J connectivity index is 2.39. The molecule has 0 aromatic heterocycles. The first kappa shape index (κ1) is 16.0. The highest BCUT2D eigenvalue weighted by Crippen LogP contribution is 2.32. The second-order valence-corrected chi connectivity index (χ2v) is 7.33. The lowest BCUT2D eigenvalue weighted by atomic mass is 9.99. The molecule has 0 fully saturated rings. The molecule has 0 amide bonds. The summed E-state index contributed by atoms with van der Waals surface area (Å²) in [6, 6.07) is 3.48. The van der Waals surface area contributed by atoms with Crippen molar-refractivity contribution in [1.29, 1.82) is 0 Å². The first-order valence-corrected chi connectivity index (χ1v) is 8.46. The van der Waals surface area contributed by atoms with Crippen LogP contribution in [0.2, 0.25) is 5.02 Å². The van der Waals surface area contributed by atoms with Crippen LogP contribution in [0.25, 0.3) is 0 Å². The molecule has 0 saturated carbocycles. The van der Waals surface area contributed by atoms with E-state index in [4.69, 9.17) is 16.7 Å². The van der Waals surface area contributed by atoms with Gasteiger partial charge in [0.2, 0.25) is 0 Å². The zero-order valence-corrected chi connectivity index (χ0v) is 12.7. The summed E-state index contributed by atoms with van der Waals surface area (Å²) in [5.41, 5.74) is 0.223. The first-order valence-electron chi connectivity index (χ1n) is 6.43. The summed E-state index contributed by atoms with van der Waals surface area (Å²) >= 11 is 5.84. The summed E-state index contributed by atoms with van der Waals surface area (Å²) in [5, 5.41) is 9.15. The van der Waals surface area contributed by atoms with Crippen LogP contribution in [0.4, 0.5) is 4.39 Å². The van der Waals surface area contributed by atoms with Crippen molar-refractivity contribution in [2.24, 2.45) is 0 Å². The highest BCUT2D eigenvalue weighted by molar-refractivity contribution is 7.94. The topological polar surface area (TPSA) is 71.4 Å². The fraction of sp³-hybridized carbons (Fsp3) is 0.357. The maximum Gasteiger partial charge on any atom is 0.332 e. The second kappa shape index (κ2) is 6.15. The van der Waals surface area contributed by atoms with Crippen LogP contribution in [0.5, 0.6) is 0 Å². The van der Waals surface area contributed by atoms with Crippen LogP contribution in [0.15, 0.2) is 28.7 Å². The van der Waals surface area contributed by atoms with Gasteiger partial charge in [0, 0.05) is 5.02 Å². The molecule has 1 aliphatic carbocycles. The molecule has 4 nitrogen and oxygen atoms in total. The molecule has 0 atom stereocenters. The van der Waals surface area contributed by atoms with Gasteiger partial charge < -0.3 is 5.11 Å². The molecule has 1 N–H and O–H groups in total. The predicted octanol–water partition coefficient (Wildman–Crippen LogP) is 3.31. The van der Waals surface area contributed by atoms with Gasteiger partial charge in [0.25, 0.3) is 0 Å². The minimum Gasteiger partial charge on any atom is -0.478 e.